The van der Waals surface area contributed by atoms with Crippen molar-refractivity contribution < 1.29 is 17.7 Å². The van der Waals surface area contributed by atoms with Gasteiger partial charge < -0.3 is 9.47 Å². The quantitative estimate of drug-likeness (QED) is 0.526. The van der Waals surface area contributed by atoms with Crippen LogP contribution < -0.4 is 9.47 Å². The van der Waals surface area contributed by atoms with Crippen LogP contribution in [0, 0.1) is 0 Å². The van der Waals surface area contributed by atoms with Crippen LogP contribution in [0.1, 0.15) is 53.7 Å². The predicted octanol–water partition coefficient (Wildman–Crippen LogP) is 4.73. The van der Waals surface area contributed by atoms with Crippen LogP contribution in [0.3, 0.4) is 0 Å². The topological polar surface area (TPSA) is 18.5 Å². The van der Waals surface area contributed by atoms with Crippen LogP contribution in [0.4, 0.5) is 0 Å². The van der Waals surface area contributed by atoms with Crippen molar-refractivity contribution in [1.29, 1.82) is 0 Å². The molecule has 0 unspecified atom stereocenters. The first-order valence-corrected chi connectivity index (χ1v) is 6.44. The lowest BCUT2D eigenvalue weighted by Crippen LogP contribution is -2.13. The molecular weight excluding hydrogens is 236 g/mol. The van der Waals surface area contributed by atoms with Gasteiger partial charge in [-0.15, -0.1) is 0 Å². The molecule has 0 bridgehead atoms. The van der Waals surface area contributed by atoms with Crippen LogP contribution in [0.2, 0.25) is 0 Å². The maximum atomic E-state index is 8.01. The molecule has 0 radical (unpaired) electrons. The van der Waals surface area contributed by atoms with Crippen LogP contribution in [0.25, 0.3) is 0 Å². The largest absolute Gasteiger partial charge is 0.497 e. The number of methoxy groups -OCH3 is 2. The van der Waals surface area contributed by atoms with E-state index in [-0.39, 0.29) is 5.56 Å². The predicted molar refractivity (Wildman–Crippen MR) is 81.2 cm³/mol. The fraction of sp³-hybridized carbons (Fsp3) is 0.529. The van der Waals surface area contributed by atoms with Crippen molar-refractivity contribution in [1.82, 2.24) is 0 Å². The van der Waals surface area contributed by atoms with Crippen LogP contribution >= 0.6 is 0 Å². The minimum Gasteiger partial charge on any atom is -0.497 e. The lowest BCUT2D eigenvalue weighted by atomic mass is 9.84. The van der Waals surface area contributed by atoms with Gasteiger partial charge in [-0.1, -0.05) is 45.6 Å². The Labute approximate surface area is 125 Å². The second-order valence-electron chi connectivity index (χ2n) is 4.45. The average Bonchev–Trinajstić information content (AvgIpc) is 2.51. The van der Waals surface area contributed by atoms with Gasteiger partial charge in [0.15, 0.2) is 0 Å². The van der Waals surface area contributed by atoms with E-state index in [9.17, 15) is 0 Å². The number of ether oxygens (including phenoxy) is 2. The molecule has 1 aromatic carbocycles. The Hall–Kier alpha value is -1.44. The summed E-state index contributed by atoms with van der Waals surface area (Å²) in [5.74, 6) is 0.684. The van der Waals surface area contributed by atoms with E-state index >= 15 is 0 Å². The second kappa shape index (κ2) is 7.22. The summed E-state index contributed by atoms with van der Waals surface area (Å²) >= 11 is 0. The molecule has 0 heterocycles. The van der Waals surface area contributed by atoms with E-state index in [0.29, 0.717) is 17.9 Å². The lowest BCUT2D eigenvalue weighted by molar-refractivity contribution is 0.392. The molecule has 0 aliphatic carbocycles. The molecule has 2 nitrogen and oxygen atoms in total. The first-order chi connectivity index (χ1) is 11.5. The standard InChI is InChI=1S/C17H26O2/c1-6-7-8-9-10-17(2,3)14-11-15(18-4)13-16(12-14)19-5/h9-13H,6-8H2,1-5H3/i2D3,3D3. The molecule has 0 aliphatic heterocycles. The van der Waals surface area contributed by atoms with Gasteiger partial charge in [-0.3, -0.25) is 0 Å². The van der Waals surface area contributed by atoms with Crippen LogP contribution in [0.5, 0.6) is 11.5 Å². The molecule has 0 N–H and O–H groups in total. The summed E-state index contributed by atoms with van der Waals surface area (Å²) < 4.78 is 58.4. The van der Waals surface area contributed by atoms with Gasteiger partial charge in [0.1, 0.15) is 11.5 Å². The van der Waals surface area contributed by atoms with Crippen molar-refractivity contribution in [2.24, 2.45) is 0 Å². The van der Waals surface area contributed by atoms with Gasteiger partial charge in [-0.2, -0.15) is 0 Å². The number of unbranched alkanes of at least 4 members (excludes halogenated alkanes) is 2. The molecule has 1 aromatic rings. The van der Waals surface area contributed by atoms with E-state index in [1.165, 1.54) is 32.4 Å². The molecule has 0 aliphatic rings. The van der Waals surface area contributed by atoms with E-state index < -0.39 is 19.1 Å². The van der Waals surface area contributed by atoms with Gasteiger partial charge >= 0.3 is 0 Å². The Bertz CT molecular complexity index is 554. The monoisotopic (exact) mass is 268 g/mol. The van der Waals surface area contributed by atoms with E-state index in [0.717, 1.165) is 12.8 Å². The number of allylic oxidation sites excluding steroid dienone is 2. The van der Waals surface area contributed by atoms with Gasteiger partial charge in [-0.05, 0) is 24.1 Å². The van der Waals surface area contributed by atoms with Crippen molar-refractivity contribution in [3.8, 4) is 11.5 Å². The summed E-state index contributed by atoms with van der Waals surface area (Å²) in [4.78, 5) is 0. The summed E-state index contributed by atoms with van der Waals surface area (Å²) in [6, 6.07) is 4.48. The molecule has 0 atom stereocenters. The smallest absolute Gasteiger partial charge is 0.122 e. The van der Waals surface area contributed by atoms with Gasteiger partial charge in [0, 0.05) is 19.7 Å². The Morgan fingerprint density at radius 1 is 1.16 bits per heavy atom. The number of hydrogen-bond acceptors (Lipinski definition) is 2. The summed E-state index contributed by atoms with van der Waals surface area (Å²) in [5.41, 5.74) is -2.02. The molecule has 0 saturated carbocycles. The highest BCUT2D eigenvalue weighted by Crippen LogP contribution is 2.32. The third kappa shape index (κ3) is 4.62. The van der Waals surface area contributed by atoms with Gasteiger partial charge in [0.2, 0.25) is 0 Å². The number of hydrogen-bond donors (Lipinski definition) is 0. The van der Waals surface area contributed by atoms with Crippen LogP contribution in [-0.4, -0.2) is 14.2 Å². The first kappa shape index (κ1) is 8.68. The molecule has 0 saturated heterocycles. The maximum Gasteiger partial charge on any atom is 0.122 e. The summed E-state index contributed by atoms with van der Waals surface area (Å²) in [6.07, 6.45) is 5.37. The van der Waals surface area contributed by atoms with Crippen molar-refractivity contribution in [3.05, 3.63) is 35.9 Å². The Morgan fingerprint density at radius 3 is 2.26 bits per heavy atom. The molecule has 0 amide bonds. The maximum absolute atomic E-state index is 8.01. The van der Waals surface area contributed by atoms with Gasteiger partial charge in [-0.25, -0.2) is 0 Å². The van der Waals surface area contributed by atoms with Crippen molar-refractivity contribution in [2.75, 3.05) is 14.2 Å². The van der Waals surface area contributed by atoms with Crippen LogP contribution in [-0.2, 0) is 5.41 Å². The van der Waals surface area contributed by atoms with Crippen molar-refractivity contribution in [2.45, 2.75) is 45.3 Å². The van der Waals surface area contributed by atoms with Crippen molar-refractivity contribution >= 4 is 0 Å². The zero-order chi connectivity index (χ0) is 19.3. The fourth-order valence-corrected chi connectivity index (χ4v) is 1.71. The minimum absolute atomic E-state index is 0.122. The Kier molecular flexibility index (Phi) is 3.30. The second-order valence-corrected chi connectivity index (χ2v) is 4.45. The zero-order valence-corrected chi connectivity index (χ0v) is 11.8. The molecule has 0 aromatic heterocycles. The molecule has 1 rings (SSSR count). The molecular formula is C17H26O2. The zero-order valence-electron chi connectivity index (χ0n) is 17.8. The van der Waals surface area contributed by atoms with E-state index in [1.54, 1.807) is 12.1 Å². The Balaban J connectivity index is 3.68. The minimum atomic E-state index is -2.78. The molecule has 106 valence electrons. The van der Waals surface area contributed by atoms with Crippen molar-refractivity contribution in [3.63, 3.8) is 0 Å². The van der Waals surface area contributed by atoms with Gasteiger partial charge in [0.05, 0.1) is 14.2 Å². The molecule has 19 heavy (non-hydrogen) atoms. The number of benzene rings is 1. The Morgan fingerprint density at radius 2 is 1.79 bits per heavy atom. The number of rotatable bonds is 7. The molecule has 0 spiro atoms. The summed E-state index contributed by atoms with van der Waals surface area (Å²) in [6.45, 7) is -3.54. The van der Waals surface area contributed by atoms with E-state index in [1.807, 2.05) is 6.92 Å². The summed E-state index contributed by atoms with van der Waals surface area (Å²) in [5, 5.41) is 0. The van der Waals surface area contributed by atoms with E-state index in [4.69, 9.17) is 17.7 Å². The fourth-order valence-electron chi connectivity index (χ4n) is 1.71. The third-order valence-corrected chi connectivity index (χ3v) is 2.90. The highest BCUT2D eigenvalue weighted by atomic mass is 16.5. The SMILES string of the molecule is [2H]C([2H])([2H])C(C=CCCCC)(c1cc(OC)cc(OC)c1)C([2H])([2H])[2H]. The van der Waals surface area contributed by atoms with Gasteiger partial charge in [0.25, 0.3) is 0 Å². The normalized spacial score (nSPS) is 17.8. The highest BCUT2D eigenvalue weighted by Gasteiger charge is 2.18. The third-order valence-electron chi connectivity index (χ3n) is 2.90. The summed E-state index contributed by atoms with van der Waals surface area (Å²) in [7, 11) is 2.87. The molecule has 0 fully saturated rings. The molecule has 2 heteroatoms. The average molecular weight is 268 g/mol. The lowest BCUT2D eigenvalue weighted by Gasteiger charge is -2.22. The highest BCUT2D eigenvalue weighted by molar-refractivity contribution is 5.43. The first-order valence-electron chi connectivity index (χ1n) is 9.44. The van der Waals surface area contributed by atoms with E-state index in [2.05, 4.69) is 0 Å². The van der Waals surface area contributed by atoms with Crippen LogP contribution in [0.15, 0.2) is 30.4 Å².